The minimum Gasteiger partial charge on any atom is -0.379 e. The minimum atomic E-state index is -0.347. The van der Waals surface area contributed by atoms with Crippen LogP contribution in [0.1, 0.15) is 16.0 Å². The standard InChI is InChI=1S/C25H24N6O2S/c1-30-17-21(18-31(32)33)34-25(30)29-28-23-14-8-13-22(26-15-19-9-4-2-5-10-19)24(23)27-16-20-11-6-3-7-12-20/h2-14,17H,15-16,18H2,1H3,(H,26,28)/p+1. The molecule has 2 N–H and O–H groups in total. The summed E-state index contributed by atoms with van der Waals surface area (Å²) >= 11 is 1.26. The Balaban J connectivity index is 1.60. The van der Waals surface area contributed by atoms with Crippen molar-refractivity contribution in [2.45, 2.75) is 19.6 Å². The highest BCUT2D eigenvalue weighted by molar-refractivity contribution is 7.14. The summed E-state index contributed by atoms with van der Waals surface area (Å²) < 4.78 is 1.75. The summed E-state index contributed by atoms with van der Waals surface area (Å²) in [6, 6.07) is 26.2. The third kappa shape index (κ3) is 6.23. The molecule has 0 aliphatic carbocycles. The van der Waals surface area contributed by atoms with Crippen molar-refractivity contribution in [3.63, 3.8) is 0 Å². The molecule has 8 nitrogen and oxygen atoms in total. The monoisotopic (exact) mass is 473 g/mol. The maximum Gasteiger partial charge on any atom is 0.408 e. The van der Waals surface area contributed by atoms with Gasteiger partial charge in [-0.25, -0.2) is 4.57 Å². The number of aryl methyl sites for hydroxylation is 1. The van der Waals surface area contributed by atoms with Crippen molar-refractivity contribution in [1.82, 2.24) is 0 Å². The zero-order valence-electron chi connectivity index (χ0n) is 18.7. The molecule has 1 heterocycles. The number of para-hydroxylation sites is 1. The molecule has 0 amide bonds. The molecular formula is C25H25N6O2S+. The van der Waals surface area contributed by atoms with Crippen LogP contribution in [0.5, 0.6) is 0 Å². The molecule has 3 aromatic carbocycles. The molecule has 0 spiro atoms. The van der Waals surface area contributed by atoms with Crippen LogP contribution in [0.25, 0.3) is 0 Å². The SMILES string of the molecule is C[n+]1cc(C[N+](=O)[O-])sc1N=Nc1cccc(NCc2ccccc2)c1NCc1ccccc1. The van der Waals surface area contributed by atoms with E-state index in [0.29, 0.717) is 28.8 Å². The first-order chi connectivity index (χ1) is 16.6. The van der Waals surface area contributed by atoms with Gasteiger partial charge >= 0.3 is 5.13 Å². The Kier molecular flexibility index (Phi) is 7.56. The highest BCUT2D eigenvalue weighted by Gasteiger charge is 2.18. The van der Waals surface area contributed by atoms with Crippen molar-refractivity contribution < 1.29 is 9.49 Å². The first kappa shape index (κ1) is 23.1. The van der Waals surface area contributed by atoms with E-state index < -0.39 is 0 Å². The van der Waals surface area contributed by atoms with Gasteiger partial charge in [-0.3, -0.25) is 10.1 Å². The second-order valence-electron chi connectivity index (χ2n) is 7.66. The minimum absolute atomic E-state index is 0.225. The molecule has 0 radical (unpaired) electrons. The fraction of sp³-hybridized carbons (Fsp3) is 0.160. The number of hydrogen-bond donors (Lipinski definition) is 2. The maximum atomic E-state index is 10.8. The Morgan fingerprint density at radius 1 is 0.882 bits per heavy atom. The lowest BCUT2D eigenvalue weighted by Gasteiger charge is -2.15. The molecule has 4 rings (SSSR count). The number of anilines is 2. The first-order valence-electron chi connectivity index (χ1n) is 10.8. The third-order valence-electron chi connectivity index (χ3n) is 5.07. The molecule has 0 saturated carbocycles. The Labute approximate surface area is 201 Å². The van der Waals surface area contributed by atoms with Gasteiger partial charge in [-0.2, -0.15) is 0 Å². The number of hydrogen-bond acceptors (Lipinski definition) is 7. The number of thiazole rings is 1. The number of nitrogens with zero attached hydrogens (tertiary/aromatic N) is 4. The molecule has 1 aromatic heterocycles. The summed E-state index contributed by atoms with van der Waals surface area (Å²) in [5.41, 5.74) is 4.76. The van der Waals surface area contributed by atoms with Crippen molar-refractivity contribution in [2.75, 3.05) is 10.6 Å². The first-order valence-corrected chi connectivity index (χ1v) is 11.6. The van der Waals surface area contributed by atoms with Gasteiger partial charge < -0.3 is 10.6 Å². The van der Waals surface area contributed by atoms with Gasteiger partial charge in [0.2, 0.25) is 6.54 Å². The predicted molar refractivity (Wildman–Crippen MR) is 134 cm³/mol. The normalized spacial score (nSPS) is 11.0. The van der Waals surface area contributed by atoms with Crippen LogP contribution in [0.3, 0.4) is 0 Å². The lowest BCUT2D eigenvalue weighted by molar-refractivity contribution is -0.655. The average molecular weight is 474 g/mol. The van der Waals surface area contributed by atoms with Crippen LogP contribution in [0, 0.1) is 10.1 Å². The molecular weight excluding hydrogens is 448 g/mol. The molecule has 34 heavy (non-hydrogen) atoms. The quantitative estimate of drug-likeness (QED) is 0.128. The van der Waals surface area contributed by atoms with Crippen molar-refractivity contribution in [2.24, 2.45) is 17.3 Å². The molecule has 0 saturated heterocycles. The average Bonchev–Trinajstić information content (AvgIpc) is 3.19. The topological polar surface area (TPSA) is 95.8 Å². The van der Waals surface area contributed by atoms with Gasteiger partial charge in [0, 0.05) is 18.0 Å². The molecule has 0 aliphatic rings. The molecule has 9 heteroatoms. The van der Waals surface area contributed by atoms with Gasteiger partial charge in [0.05, 0.1) is 23.5 Å². The summed E-state index contributed by atoms with van der Waals surface area (Å²) in [6.45, 7) is 1.08. The summed E-state index contributed by atoms with van der Waals surface area (Å²) in [7, 11) is 1.81. The van der Waals surface area contributed by atoms with E-state index in [4.69, 9.17) is 0 Å². The van der Waals surface area contributed by atoms with E-state index in [9.17, 15) is 10.1 Å². The number of benzene rings is 3. The lowest BCUT2D eigenvalue weighted by Crippen LogP contribution is -2.24. The predicted octanol–water partition coefficient (Wildman–Crippen LogP) is 5.99. The highest BCUT2D eigenvalue weighted by atomic mass is 32.1. The molecule has 0 fully saturated rings. The van der Waals surface area contributed by atoms with E-state index in [-0.39, 0.29) is 11.5 Å². The van der Waals surface area contributed by atoms with E-state index >= 15 is 0 Å². The van der Waals surface area contributed by atoms with Gasteiger partial charge in [0.15, 0.2) is 0 Å². The van der Waals surface area contributed by atoms with Crippen molar-refractivity contribution in [3.8, 4) is 0 Å². The zero-order valence-corrected chi connectivity index (χ0v) is 19.5. The van der Waals surface area contributed by atoms with Gasteiger partial charge in [-0.15, -0.1) is 0 Å². The van der Waals surface area contributed by atoms with Gasteiger partial charge in [0.25, 0.3) is 0 Å². The van der Waals surface area contributed by atoms with E-state index in [1.54, 1.807) is 17.8 Å². The van der Waals surface area contributed by atoms with Crippen LogP contribution in [-0.2, 0) is 26.7 Å². The van der Waals surface area contributed by atoms with Crippen molar-refractivity contribution in [3.05, 3.63) is 111 Å². The number of rotatable bonds is 10. The largest absolute Gasteiger partial charge is 0.408 e. The Hall–Kier alpha value is -4.11. The van der Waals surface area contributed by atoms with E-state index in [0.717, 1.165) is 16.9 Å². The second-order valence-corrected chi connectivity index (χ2v) is 8.75. The second kappa shape index (κ2) is 11.2. The maximum absolute atomic E-state index is 10.8. The van der Waals surface area contributed by atoms with Crippen LogP contribution in [0.2, 0.25) is 0 Å². The number of azo groups is 1. The summed E-state index contributed by atoms with van der Waals surface area (Å²) in [5.74, 6) is 0. The summed E-state index contributed by atoms with van der Waals surface area (Å²) in [5, 5.41) is 27.3. The molecule has 4 aromatic rings. The molecule has 0 aliphatic heterocycles. The number of aromatic nitrogens is 1. The van der Waals surface area contributed by atoms with E-state index in [1.165, 1.54) is 16.9 Å². The highest BCUT2D eigenvalue weighted by Crippen LogP contribution is 2.35. The molecule has 0 atom stereocenters. The summed E-state index contributed by atoms with van der Waals surface area (Å²) in [6.07, 6.45) is 1.72. The van der Waals surface area contributed by atoms with Crippen LogP contribution in [-0.4, -0.2) is 4.92 Å². The zero-order chi connectivity index (χ0) is 23.8. The number of nitro groups is 1. The fourth-order valence-corrected chi connectivity index (χ4v) is 4.30. The lowest BCUT2D eigenvalue weighted by atomic mass is 10.1. The summed E-state index contributed by atoms with van der Waals surface area (Å²) in [4.78, 5) is 11.1. The Morgan fingerprint density at radius 2 is 1.53 bits per heavy atom. The van der Waals surface area contributed by atoms with Crippen molar-refractivity contribution >= 4 is 33.5 Å². The van der Waals surface area contributed by atoms with E-state index in [1.807, 2.05) is 54.6 Å². The Bertz CT molecular complexity index is 1280. The van der Waals surface area contributed by atoms with Crippen LogP contribution >= 0.6 is 11.3 Å². The fourth-order valence-electron chi connectivity index (χ4n) is 3.41. The molecule has 0 unspecified atom stereocenters. The van der Waals surface area contributed by atoms with Crippen LogP contribution in [0.4, 0.5) is 22.2 Å². The Morgan fingerprint density at radius 3 is 2.18 bits per heavy atom. The number of nitrogens with one attached hydrogen (secondary N) is 2. The van der Waals surface area contributed by atoms with Crippen LogP contribution < -0.4 is 15.2 Å². The third-order valence-corrected chi connectivity index (χ3v) is 6.12. The molecule has 0 bridgehead atoms. The van der Waals surface area contributed by atoms with Gasteiger partial charge in [-0.05, 0) is 39.7 Å². The van der Waals surface area contributed by atoms with Crippen LogP contribution in [0.15, 0.2) is 95.3 Å². The van der Waals surface area contributed by atoms with E-state index in [2.05, 4.69) is 45.1 Å². The van der Waals surface area contributed by atoms with Crippen molar-refractivity contribution in [1.29, 1.82) is 0 Å². The smallest absolute Gasteiger partial charge is 0.379 e. The van der Waals surface area contributed by atoms with Gasteiger partial charge in [-0.1, -0.05) is 66.7 Å². The van der Waals surface area contributed by atoms with Gasteiger partial charge in [0.1, 0.15) is 16.8 Å². The molecule has 172 valence electrons.